The van der Waals surface area contributed by atoms with Crippen LogP contribution in [-0.2, 0) is 11.3 Å². The van der Waals surface area contributed by atoms with Gasteiger partial charge in [-0.2, -0.15) is 0 Å². The number of benzene rings is 7. The number of para-hydroxylation sites is 2. The van der Waals surface area contributed by atoms with Crippen LogP contribution >= 0.6 is 0 Å². The molecule has 0 saturated heterocycles. The second kappa shape index (κ2) is 10.5. The van der Waals surface area contributed by atoms with Crippen LogP contribution in [0.25, 0.3) is 71.2 Å². The van der Waals surface area contributed by atoms with Gasteiger partial charge in [-0.15, -0.1) is 0 Å². The average Bonchev–Trinajstić information content (AvgIpc) is 3.64. The highest BCUT2D eigenvalue weighted by atomic mass is 16.5. The van der Waals surface area contributed by atoms with Gasteiger partial charge >= 0.3 is 6.09 Å². The Kier molecular flexibility index (Phi) is 6.00. The molecule has 0 unspecified atom stereocenters. The molecule has 9 rings (SSSR count). The molecule has 4 heteroatoms. The third-order valence-electron chi connectivity index (χ3n) is 9.04. The topological polar surface area (TPSA) is 36.2 Å². The maximum atomic E-state index is 14.1. The maximum Gasteiger partial charge on any atom is 0.419 e. The lowest BCUT2D eigenvalue weighted by Crippen LogP contribution is -2.13. The summed E-state index contributed by atoms with van der Waals surface area (Å²) in [6.45, 7) is 0.192. The van der Waals surface area contributed by atoms with Crippen LogP contribution in [0.1, 0.15) is 5.56 Å². The number of hydrogen-bond acceptors (Lipinski definition) is 2. The first-order valence-corrected chi connectivity index (χ1v) is 15.5. The molecular formula is C42H28N2O2. The van der Waals surface area contributed by atoms with E-state index in [0.717, 1.165) is 60.6 Å². The molecule has 0 aliphatic carbocycles. The molecule has 2 heterocycles. The molecule has 218 valence electrons. The smallest absolute Gasteiger partial charge is 0.419 e. The maximum absolute atomic E-state index is 14.1. The summed E-state index contributed by atoms with van der Waals surface area (Å²) in [6, 6.07) is 54.2. The Morgan fingerprint density at radius 2 is 1.17 bits per heavy atom. The second-order valence-corrected chi connectivity index (χ2v) is 11.7. The minimum atomic E-state index is -0.402. The molecule has 2 aromatic heterocycles. The van der Waals surface area contributed by atoms with Gasteiger partial charge in [-0.25, -0.2) is 9.36 Å². The van der Waals surface area contributed by atoms with E-state index in [9.17, 15) is 4.79 Å². The van der Waals surface area contributed by atoms with Gasteiger partial charge in [0.1, 0.15) is 6.61 Å². The van der Waals surface area contributed by atoms with Crippen LogP contribution in [0.15, 0.2) is 158 Å². The average molecular weight is 593 g/mol. The van der Waals surface area contributed by atoms with Gasteiger partial charge in [-0.1, -0.05) is 127 Å². The van der Waals surface area contributed by atoms with E-state index in [1.807, 2.05) is 60.7 Å². The quantitative estimate of drug-likeness (QED) is 0.204. The number of carbonyl (C=O) groups is 1. The van der Waals surface area contributed by atoms with E-state index in [1.54, 1.807) is 4.57 Å². The summed E-state index contributed by atoms with van der Waals surface area (Å²) in [7, 11) is 0. The largest absolute Gasteiger partial charge is 0.444 e. The molecule has 0 fully saturated rings. The van der Waals surface area contributed by atoms with E-state index in [-0.39, 0.29) is 6.61 Å². The number of hydrogen-bond donors (Lipinski definition) is 0. The zero-order valence-electron chi connectivity index (χ0n) is 24.9. The van der Waals surface area contributed by atoms with Gasteiger partial charge in [-0.3, -0.25) is 0 Å². The Morgan fingerprint density at radius 1 is 0.522 bits per heavy atom. The molecule has 0 atom stereocenters. The van der Waals surface area contributed by atoms with Gasteiger partial charge in [0.25, 0.3) is 0 Å². The first-order valence-electron chi connectivity index (χ1n) is 15.5. The Morgan fingerprint density at radius 3 is 1.96 bits per heavy atom. The summed E-state index contributed by atoms with van der Waals surface area (Å²) in [6.07, 6.45) is -0.402. The van der Waals surface area contributed by atoms with Crippen LogP contribution in [0.4, 0.5) is 4.79 Å². The van der Waals surface area contributed by atoms with Crippen molar-refractivity contribution in [2.75, 3.05) is 0 Å². The summed E-state index contributed by atoms with van der Waals surface area (Å²) >= 11 is 0. The van der Waals surface area contributed by atoms with Crippen LogP contribution in [0.3, 0.4) is 0 Å². The zero-order chi connectivity index (χ0) is 30.6. The number of rotatable bonds is 4. The molecule has 4 nitrogen and oxygen atoms in total. The summed E-state index contributed by atoms with van der Waals surface area (Å²) in [5.74, 6) is 0. The molecule has 0 bridgehead atoms. The molecule has 0 N–H and O–H groups in total. The Hall–Kier alpha value is -6.13. The summed E-state index contributed by atoms with van der Waals surface area (Å²) in [5, 5.41) is 6.79. The summed E-state index contributed by atoms with van der Waals surface area (Å²) in [5.41, 5.74) is 7.99. The first kappa shape index (κ1) is 26.3. The Labute approximate surface area is 265 Å². The van der Waals surface area contributed by atoms with Gasteiger partial charge in [0.15, 0.2) is 0 Å². The van der Waals surface area contributed by atoms with Gasteiger partial charge in [-0.05, 0) is 52.2 Å². The molecule has 0 spiro atoms. The molecule has 0 aliphatic rings. The van der Waals surface area contributed by atoms with Gasteiger partial charge in [0.2, 0.25) is 0 Å². The Balaban J connectivity index is 1.47. The van der Waals surface area contributed by atoms with Crippen molar-refractivity contribution in [2.24, 2.45) is 0 Å². The highest BCUT2D eigenvalue weighted by Gasteiger charge is 2.26. The van der Waals surface area contributed by atoms with Gasteiger partial charge < -0.3 is 9.30 Å². The number of aromatic nitrogens is 2. The van der Waals surface area contributed by atoms with E-state index in [1.165, 1.54) is 16.2 Å². The standard InChI is InChI=1S/C42H28N2O2/c45-42(46-27-28-14-4-1-5-15-28)44-34-23-13-12-22-33(34)40-36(44)26-37-41(38(40)30-17-6-2-7-18-30)39-32-21-11-10-16-29(32)24-25-35(39)43(37)31-19-8-3-9-20-31/h1-26H,27H2. The van der Waals surface area contributed by atoms with Crippen molar-refractivity contribution >= 4 is 60.5 Å². The van der Waals surface area contributed by atoms with Crippen LogP contribution in [0, 0.1) is 0 Å². The molecular weight excluding hydrogens is 564 g/mol. The van der Waals surface area contributed by atoms with Crippen molar-refractivity contribution in [3.8, 4) is 16.8 Å². The van der Waals surface area contributed by atoms with Crippen molar-refractivity contribution in [3.05, 3.63) is 163 Å². The van der Waals surface area contributed by atoms with Crippen LogP contribution in [0.2, 0.25) is 0 Å². The zero-order valence-corrected chi connectivity index (χ0v) is 24.9. The number of nitrogens with zero attached hydrogens (tertiary/aromatic N) is 2. The Bertz CT molecular complexity index is 2580. The molecule has 0 radical (unpaired) electrons. The lowest BCUT2D eigenvalue weighted by Gasteiger charge is -2.12. The van der Waals surface area contributed by atoms with Crippen LogP contribution < -0.4 is 0 Å². The molecule has 0 aliphatic heterocycles. The minimum Gasteiger partial charge on any atom is -0.444 e. The summed E-state index contributed by atoms with van der Waals surface area (Å²) in [4.78, 5) is 14.1. The fourth-order valence-electron chi connectivity index (χ4n) is 7.11. The predicted octanol–water partition coefficient (Wildman–Crippen LogP) is 10.9. The predicted molar refractivity (Wildman–Crippen MR) is 189 cm³/mol. The summed E-state index contributed by atoms with van der Waals surface area (Å²) < 4.78 is 10.1. The minimum absolute atomic E-state index is 0.192. The van der Waals surface area contributed by atoms with E-state index in [0.29, 0.717) is 0 Å². The third kappa shape index (κ3) is 3.97. The fraction of sp³-hybridized carbons (Fsp3) is 0.0238. The highest BCUT2D eigenvalue weighted by Crippen LogP contribution is 2.47. The number of carbonyl (C=O) groups excluding carboxylic acids is 1. The number of fused-ring (bicyclic) bond motifs is 8. The second-order valence-electron chi connectivity index (χ2n) is 11.7. The first-order chi connectivity index (χ1) is 22.8. The molecule has 0 saturated carbocycles. The SMILES string of the molecule is O=C(OCc1ccccc1)n1c2ccccc2c2c(-c3ccccc3)c3c4c5ccccc5ccc4n(-c4ccccc4)c3cc21. The van der Waals surface area contributed by atoms with E-state index in [2.05, 4.69) is 102 Å². The van der Waals surface area contributed by atoms with Crippen LogP contribution in [0.5, 0.6) is 0 Å². The van der Waals surface area contributed by atoms with E-state index in [4.69, 9.17) is 4.74 Å². The molecule has 9 aromatic rings. The van der Waals surface area contributed by atoms with E-state index < -0.39 is 6.09 Å². The number of ether oxygens (including phenoxy) is 1. The van der Waals surface area contributed by atoms with Crippen molar-refractivity contribution in [2.45, 2.75) is 6.61 Å². The normalized spacial score (nSPS) is 11.7. The highest BCUT2D eigenvalue weighted by molar-refractivity contribution is 6.32. The van der Waals surface area contributed by atoms with Crippen LogP contribution in [-0.4, -0.2) is 15.2 Å². The van der Waals surface area contributed by atoms with Crippen molar-refractivity contribution in [1.29, 1.82) is 0 Å². The lowest BCUT2D eigenvalue weighted by molar-refractivity contribution is 0.143. The monoisotopic (exact) mass is 592 g/mol. The molecule has 7 aromatic carbocycles. The molecule has 0 amide bonds. The van der Waals surface area contributed by atoms with Crippen molar-refractivity contribution < 1.29 is 9.53 Å². The van der Waals surface area contributed by atoms with Gasteiger partial charge in [0.05, 0.1) is 22.1 Å². The van der Waals surface area contributed by atoms with Crippen molar-refractivity contribution in [1.82, 2.24) is 9.13 Å². The fourth-order valence-corrected chi connectivity index (χ4v) is 7.11. The lowest BCUT2D eigenvalue weighted by atomic mass is 9.93. The van der Waals surface area contributed by atoms with Gasteiger partial charge in [0, 0.05) is 32.8 Å². The van der Waals surface area contributed by atoms with Crippen molar-refractivity contribution in [3.63, 3.8) is 0 Å². The van der Waals surface area contributed by atoms with E-state index >= 15 is 0 Å². The molecule has 46 heavy (non-hydrogen) atoms. The third-order valence-corrected chi connectivity index (χ3v) is 9.04.